The number of nitrogens with one attached hydrogen (secondary N) is 1. The molecule has 4 heteroatoms. The van der Waals surface area contributed by atoms with Crippen molar-refractivity contribution >= 4 is 21.6 Å². The molecule has 1 aromatic carbocycles. The average molecular weight is 327 g/mol. The summed E-state index contributed by atoms with van der Waals surface area (Å²) in [5.41, 5.74) is 0.844. The molecular weight excluding hydrogens is 307 g/mol. The maximum absolute atomic E-state index is 14.1. The minimum absolute atomic E-state index is 0.123. The molecule has 0 spiro atoms. The summed E-state index contributed by atoms with van der Waals surface area (Å²) >= 11 is 3.50. The number of halogens is 2. The van der Waals surface area contributed by atoms with Crippen LogP contribution >= 0.6 is 15.9 Å². The molecule has 0 bridgehead atoms. The van der Waals surface area contributed by atoms with Gasteiger partial charge in [0.2, 0.25) is 0 Å². The number of nitrogens with zero attached hydrogens (tertiary/aromatic N) is 1. The lowest BCUT2D eigenvalue weighted by atomic mass is 9.95. The van der Waals surface area contributed by atoms with Crippen molar-refractivity contribution < 1.29 is 4.39 Å². The van der Waals surface area contributed by atoms with Gasteiger partial charge >= 0.3 is 0 Å². The van der Waals surface area contributed by atoms with Crippen LogP contribution < -0.4 is 10.2 Å². The molecule has 1 aliphatic heterocycles. The van der Waals surface area contributed by atoms with Gasteiger partial charge in [-0.25, -0.2) is 4.39 Å². The molecular formula is C15H20BrFN2. The largest absolute Gasteiger partial charge is 0.366 e. The van der Waals surface area contributed by atoms with Gasteiger partial charge < -0.3 is 10.2 Å². The molecule has 2 aliphatic rings. The standard InChI is InChI=1S/C15H20BrFN2/c1-15(11-6-7-11)10-19(9-3-8-18-15)14-12(16)4-2-5-13(14)17/h2,4-5,11,18H,3,6-10H2,1H3. The Morgan fingerprint density at radius 2 is 2.21 bits per heavy atom. The molecule has 1 aliphatic carbocycles. The lowest BCUT2D eigenvalue weighted by molar-refractivity contribution is 0.331. The van der Waals surface area contributed by atoms with Crippen LogP contribution in [0.1, 0.15) is 26.2 Å². The molecule has 0 amide bonds. The zero-order valence-corrected chi connectivity index (χ0v) is 12.8. The molecule has 0 aromatic heterocycles. The molecule has 3 rings (SSSR count). The van der Waals surface area contributed by atoms with E-state index in [1.165, 1.54) is 12.8 Å². The Labute approximate surface area is 122 Å². The Balaban J connectivity index is 1.90. The van der Waals surface area contributed by atoms with Crippen molar-refractivity contribution in [2.75, 3.05) is 24.5 Å². The number of hydrogen-bond donors (Lipinski definition) is 1. The van der Waals surface area contributed by atoms with Crippen molar-refractivity contribution in [3.8, 4) is 0 Å². The van der Waals surface area contributed by atoms with E-state index in [1.807, 2.05) is 6.07 Å². The fraction of sp³-hybridized carbons (Fsp3) is 0.600. The van der Waals surface area contributed by atoms with Gasteiger partial charge in [-0.2, -0.15) is 0 Å². The van der Waals surface area contributed by atoms with Gasteiger partial charge in [0.25, 0.3) is 0 Å². The van der Waals surface area contributed by atoms with Crippen molar-refractivity contribution in [1.29, 1.82) is 0 Å². The van der Waals surface area contributed by atoms with E-state index < -0.39 is 0 Å². The second kappa shape index (κ2) is 5.06. The van der Waals surface area contributed by atoms with E-state index in [2.05, 4.69) is 33.1 Å². The van der Waals surface area contributed by atoms with E-state index in [-0.39, 0.29) is 11.4 Å². The van der Waals surface area contributed by atoms with Gasteiger partial charge in [-0.05, 0) is 66.7 Å². The SMILES string of the molecule is CC1(C2CC2)CN(c2c(F)cccc2Br)CCCN1. The van der Waals surface area contributed by atoms with Crippen LogP contribution in [0.2, 0.25) is 0 Å². The highest BCUT2D eigenvalue weighted by molar-refractivity contribution is 9.10. The van der Waals surface area contributed by atoms with Crippen molar-refractivity contribution in [3.63, 3.8) is 0 Å². The summed E-state index contributed by atoms with van der Waals surface area (Å²) in [6.45, 7) is 5.11. The number of anilines is 1. The zero-order chi connectivity index (χ0) is 13.5. The third-order valence-electron chi connectivity index (χ3n) is 4.39. The van der Waals surface area contributed by atoms with E-state index in [1.54, 1.807) is 12.1 Å². The van der Waals surface area contributed by atoms with Crippen LogP contribution in [0.25, 0.3) is 0 Å². The van der Waals surface area contributed by atoms with E-state index in [4.69, 9.17) is 0 Å². The summed E-state index contributed by atoms with van der Waals surface area (Å²) in [5, 5.41) is 3.68. The molecule has 19 heavy (non-hydrogen) atoms. The summed E-state index contributed by atoms with van der Waals surface area (Å²) < 4.78 is 15.0. The lowest BCUT2D eigenvalue weighted by Crippen LogP contribution is -2.51. The van der Waals surface area contributed by atoms with Crippen molar-refractivity contribution in [2.24, 2.45) is 5.92 Å². The quantitative estimate of drug-likeness (QED) is 0.894. The lowest BCUT2D eigenvalue weighted by Gasteiger charge is -2.35. The van der Waals surface area contributed by atoms with Crippen molar-refractivity contribution in [2.45, 2.75) is 31.7 Å². The highest BCUT2D eigenvalue weighted by Crippen LogP contribution is 2.42. The molecule has 1 saturated heterocycles. The molecule has 0 radical (unpaired) electrons. The minimum Gasteiger partial charge on any atom is -0.366 e. The van der Waals surface area contributed by atoms with Gasteiger partial charge in [0.1, 0.15) is 5.82 Å². The highest BCUT2D eigenvalue weighted by atomic mass is 79.9. The maximum Gasteiger partial charge on any atom is 0.147 e. The summed E-state index contributed by atoms with van der Waals surface area (Å²) in [7, 11) is 0. The van der Waals surface area contributed by atoms with Crippen LogP contribution in [0.15, 0.2) is 22.7 Å². The summed E-state index contributed by atoms with van der Waals surface area (Å²) in [5.74, 6) is 0.619. The molecule has 104 valence electrons. The molecule has 2 fully saturated rings. The molecule has 1 N–H and O–H groups in total. The second-order valence-electron chi connectivity index (χ2n) is 5.96. The van der Waals surface area contributed by atoms with Crippen molar-refractivity contribution in [3.05, 3.63) is 28.5 Å². The van der Waals surface area contributed by atoms with E-state index in [9.17, 15) is 4.39 Å². The first-order valence-electron chi connectivity index (χ1n) is 7.04. The Morgan fingerprint density at radius 3 is 2.89 bits per heavy atom. The van der Waals surface area contributed by atoms with E-state index >= 15 is 0 Å². The van der Waals surface area contributed by atoms with Gasteiger partial charge in [-0.3, -0.25) is 0 Å². The van der Waals surface area contributed by atoms with Crippen LogP contribution in [0, 0.1) is 11.7 Å². The third kappa shape index (κ3) is 2.65. The monoisotopic (exact) mass is 326 g/mol. The molecule has 1 aromatic rings. The number of benzene rings is 1. The zero-order valence-electron chi connectivity index (χ0n) is 11.3. The predicted octanol–water partition coefficient (Wildman–Crippen LogP) is 3.56. The summed E-state index contributed by atoms with van der Waals surface area (Å²) in [6, 6.07) is 5.22. The van der Waals surface area contributed by atoms with Gasteiger partial charge in [-0.1, -0.05) is 6.07 Å². The number of rotatable bonds is 2. The van der Waals surface area contributed by atoms with Gasteiger partial charge in [0.15, 0.2) is 0 Å². The van der Waals surface area contributed by atoms with E-state index in [0.29, 0.717) is 0 Å². The molecule has 1 unspecified atom stereocenters. The maximum atomic E-state index is 14.1. The normalized spacial score (nSPS) is 28.3. The summed E-state index contributed by atoms with van der Waals surface area (Å²) in [6.07, 6.45) is 3.66. The Morgan fingerprint density at radius 1 is 1.42 bits per heavy atom. The minimum atomic E-state index is -0.130. The van der Waals surface area contributed by atoms with E-state index in [0.717, 1.165) is 42.1 Å². The Kier molecular flexibility index (Phi) is 3.56. The van der Waals surface area contributed by atoms with Gasteiger partial charge in [0, 0.05) is 23.1 Å². The van der Waals surface area contributed by atoms with Crippen molar-refractivity contribution in [1.82, 2.24) is 5.32 Å². The van der Waals surface area contributed by atoms with Crippen LogP contribution in [-0.2, 0) is 0 Å². The summed E-state index contributed by atoms with van der Waals surface area (Å²) in [4.78, 5) is 2.21. The fourth-order valence-corrected chi connectivity index (χ4v) is 3.74. The Hall–Kier alpha value is -0.610. The fourth-order valence-electron chi connectivity index (χ4n) is 3.15. The highest BCUT2D eigenvalue weighted by Gasteiger charge is 2.43. The first-order chi connectivity index (χ1) is 9.10. The van der Waals surface area contributed by atoms with Gasteiger partial charge in [-0.15, -0.1) is 0 Å². The number of hydrogen-bond acceptors (Lipinski definition) is 2. The Bertz CT molecular complexity index is 455. The second-order valence-corrected chi connectivity index (χ2v) is 6.82. The first kappa shape index (κ1) is 13.4. The molecule has 1 heterocycles. The number of para-hydroxylation sites is 1. The molecule has 2 nitrogen and oxygen atoms in total. The third-order valence-corrected chi connectivity index (χ3v) is 5.03. The molecule has 1 saturated carbocycles. The first-order valence-corrected chi connectivity index (χ1v) is 7.83. The van der Waals surface area contributed by atoms with Crippen LogP contribution in [-0.4, -0.2) is 25.2 Å². The average Bonchev–Trinajstić information content (AvgIpc) is 3.16. The predicted molar refractivity (Wildman–Crippen MR) is 80.1 cm³/mol. The smallest absolute Gasteiger partial charge is 0.147 e. The van der Waals surface area contributed by atoms with Crippen LogP contribution in [0.4, 0.5) is 10.1 Å². The van der Waals surface area contributed by atoms with Gasteiger partial charge in [0.05, 0.1) is 5.69 Å². The topological polar surface area (TPSA) is 15.3 Å². The molecule has 1 atom stereocenters. The van der Waals surface area contributed by atoms with Crippen LogP contribution in [0.3, 0.4) is 0 Å². The van der Waals surface area contributed by atoms with Crippen LogP contribution in [0.5, 0.6) is 0 Å².